The Hall–Kier alpha value is -1.41. The third-order valence-electron chi connectivity index (χ3n) is 2.29. The molecule has 2 N–H and O–H groups in total. The Morgan fingerprint density at radius 3 is 2.67 bits per heavy atom. The Kier molecular flexibility index (Phi) is 3.40. The van der Waals surface area contributed by atoms with Crippen LogP contribution in [0.15, 0.2) is 27.7 Å². The number of aryl methyl sites for hydroxylation is 2. The SMILES string of the molecule is Cc1n[nH]c(C)c1S(=O)(=O)Nc1cc(Br)ccn1. The number of nitrogens with zero attached hydrogens (tertiary/aromatic N) is 2. The lowest BCUT2D eigenvalue weighted by atomic mass is 10.4. The van der Waals surface area contributed by atoms with Crippen LogP contribution in [0, 0.1) is 13.8 Å². The smallest absolute Gasteiger partial charge is 0.266 e. The molecule has 2 rings (SSSR count). The van der Waals surface area contributed by atoms with Gasteiger partial charge in [-0.15, -0.1) is 0 Å². The van der Waals surface area contributed by atoms with Crippen LogP contribution in [0.2, 0.25) is 0 Å². The first kappa shape index (κ1) is 13.0. The van der Waals surface area contributed by atoms with Crippen molar-refractivity contribution in [3.63, 3.8) is 0 Å². The number of aromatic amines is 1. The second-order valence-electron chi connectivity index (χ2n) is 3.73. The van der Waals surface area contributed by atoms with E-state index in [-0.39, 0.29) is 10.7 Å². The average Bonchev–Trinajstić information content (AvgIpc) is 2.58. The summed E-state index contributed by atoms with van der Waals surface area (Å²) >= 11 is 3.25. The Labute approximate surface area is 113 Å². The largest absolute Gasteiger partial charge is 0.281 e. The first-order valence-corrected chi connectivity index (χ1v) is 7.34. The van der Waals surface area contributed by atoms with Gasteiger partial charge < -0.3 is 0 Å². The molecule has 0 aliphatic carbocycles. The van der Waals surface area contributed by atoms with E-state index in [1.54, 1.807) is 26.0 Å². The highest BCUT2D eigenvalue weighted by Gasteiger charge is 2.22. The monoisotopic (exact) mass is 330 g/mol. The molecular weight excluding hydrogens is 320 g/mol. The molecule has 0 bridgehead atoms. The molecule has 2 aromatic rings. The molecule has 0 aliphatic heterocycles. The van der Waals surface area contributed by atoms with Crippen molar-refractivity contribution >= 4 is 31.8 Å². The minimum absolute atomic E-state index is 0.157. The molecule has 0 amide bonds. The Morgan fingerprint density at radius 1 is 1.39 bits per heavy atom. The van der Waals surface area contributed by atoms with Gasteiger partial charge in [0.05, 0.1) is 11.4 Å². The van der Waals surface area contributed by atoms with Gasteiger partial charge in [0.25, 0.3) is 10.0 Å². The van der Waals surface area contributed by atoms with E-state index >= 15 is 0 Å². The molecule has 0 atom stereocenters. The third kappa shape index (κ3) is 2.54. The molecule has 2 aromatic heterocycles. The summed E-state index contributed by atoms with van der Waals surface area (Å²) in [6.07, 6.45) is 1.51. The molecule has 0 spiro atoms. The molecule has 0 fully saturated rings. The van der Waals surface area contributed by atoms with Crippen LogP contribution in [0.4, 0.5) is 5.82 Å². The van der Waals surface area contributed by atoms with Gasteiger partial charge in [-0.1, -0.05) is 15.9 Å². The molecule has 0 radical (unpaired) electrons. The quantitative estimate of drug-likeness (QED) is 0.900. The molecule has 2 heterocycles. The van der Waals surface area contributed by atoms with Gasteiger partial charge in [0, 0.05) is 10.7 Å². The van der Waals surface area contributed by atoms with Gasteiger partial charge in [0.2, 0.25) is 0 Å². The topological polar surface area (TPSA) is 87.7 Å². The predicted molar refractivity (Wildman–Crippen MR) is 70.8 cm³/mol. The highest BCUT2D eigenvalue weighted by molar-refractivity contribution is 9.10. The number of hydrogen-bond donors (Lipinski definition) is 2. The molecular formula is C10H11BrN4O2S. The number of sulfonamides is 1. The van der Waals surface area contributed by atoms with E-state index in [2.05, 4.69) is 35.8 Å². The van der Waals surface area contributed by atoms with E-state index < -0.39 is 10.0 Å². The molecule has 18 heavy (non-hydrogen) atoms. The predicted octanol–water partition coefficient (Wildman–Crippen LogP) is 1.98. The van der Waals surface area contributed by atoms with Gasteiger partial charge in [-0.05, 0) is 26.0 Å². The zero-order chi connectivity index (χ0) is 13.3. The molecule has 0 saturated carbocycles. The Balaban J connectivity index is 2.39. The molecule has 0 saturated heterocycles. The number of anilines is 1. The lowest BCUT2D eigenvalue weighted by Crippen LogP contribution is -2.15. The summed E-state index contributed by atoms with van der Waals surface area (Å²) in [6.45, 7) is 3.29. The van der Waals surface area contributed by atoms with Crippen molar-refractivity contribution in [2.45, 2.75) is 18.7 Å². The number of hydrogen-bond acceptors (Lipinski definition) is 4. The van der Waals surface area contributed by atoms with E-state index in [1.807, 2.05) is 0 Å². The third-order valence-corrected chi connectivity index (χ3v) is 4.40. The summed E-state index contributed by atoms with van der Waals surface area (Å²) in [4.78, 5) is 4.10. The fourth-order valence-corrected chi connectivity index (χ4v) is 3.29. The van der Waals surface area contributed by atoms with Crippen LogP contribution in [0.5, 0.6) is 0 Å². The van der Waals surface area contributed by atoms with Crippen molar-refractivity contribution in [2.24, 2.45) is 0 Å². The highest BCUT2D eigenvalue weighted by atomic mass is 79.9. The Bertz CT molecular complexity index is 661. The van der Waals surface area contributed by atoms with E-state index in [0.717, 1.165) is 4.47 Å². The highest BCUT2D eigenvalue weighted by Crippen LogP contribution is 2.21. The maximum Gasteiger partial charge on any atom is 0.266 e. The van der Waals surface area contributed by atoms with Crippen molar-refractivity contribution in [2.75, 3.05) is 4.72 Å². The van der Waals surface area contributed by atoms with Crippen LogP contribution in [0.1, 0.15) is 11.4 Å². The fourth-order valence-electron chi connectivity index (χ4n) is 1.59. The lowest BCUT2D eigenvalue weighted by molar-refractivity contribution is 0.600. The maximum absolute atomic E-state index is 12.2. The van der Waals surface area contributed by atoms with Crippen LogP contribution >= 0.6 is 15.9 Å². The number of nitrogens with one attached hydrogen (secondary N) is 2. The van der Waals surface area contributed by atoms with Crippen molar-refractivity contribution in [1.29, 1.82) is 0 Å². The van der Waals surface area contributed by atoms with E-state index in [0.29, 0.717) is 11.4 Å². The van der Waals surface area contributed by atoms with Crippen molar-refractivity contribution in [3.8, 4) is 0 Å². The minimum Gasteiger partial charge on any atom is -0.281 e. The number of aromatic nitrogens is 3. The van der Waals surface area contributed by atoms with Crippen LogP contribution in [-0.2, 0) is 10.0 Å². The van der Waals surface area contributed by atoms with Crippen LogP contribution in [-0.4, -0.2) is 23.6 Å². The second-order valence-corrected chi connectivity index (χ2v) is 6.26. The van der Waals surface area contributed by atoms with Crippen LogP contribution in [0.3, 0.4) is 0 Å². The fraction of sp³-hybridized carbons (Fsp3) is 0.200. The van der Waals surface area contributed by atoms with E-state index in [4.69, 9.17) is 0 Å². The molecule has 6 nitrogen and oxygen atoms in total. The summed E-state index contributed by atoms with van der Waals surface area (Å²) in [5.41, 5.74) is 0.921. The number of halogens is 1. The molecule has 8 heteroatoms. The molecule has 0 aromatic carbocycles. The zero-order valence-electron chi connectivity index (χ0n) is 9.73. The summed E-state index contributed by atoms with van der Waals surface area (Å²) in [7, 11) is -3.68. The number of pyridine rings is 1. The van der Waals surface area contributed by atoms with Gasteiger partial charge in [-0.25, -0.2) is 13.4 Å². The number of H-pyrrole nitrogens is 1. The van der Waals surface area contributed by atoms with Gasteiger partial charge in [-0.3, -0.25) is 9.82 Å². The summed E-state index contributed by atoms with van der Waals surface area (Å²) in [5, 5.41) is 6.51. The minimum atomic E-state index is -3.68. The van der Waals surface area contributed by atoms with Crippen molar-refractivity contribution < 1.29 is 8.42 Å². The first-order valence-electron chi connectivity index (χ1n) is 5.06. The van der Waals surface area contributed by atoms with Gasteiger partial charge in [0.15, 0.2) is 0 Å². The van der Waals surface area contributed by atoms with Crippen LogP contribution < -0.4 is 4.72 Å². The Morgan fingerprint density at radius 2 is 2.11 bits per heavy atom. The molecule has 0 aliphatic rings. The van der Waals surface area contributed by atoms with E-state index in [1.165, 1.54) is 6.20 Å². The maximum atomic E-state index is 12.2. The van der Waals surface area contributed by atoms with Crippen LogP contribution in [0.25, 0.3) is 0 Å². The summed E-state index contributed by atoms with van der Waals surface area (Å²) < 4.78 is 27.5. The lowest BCUT2D eigenvalue weighted by Gasteiger charge is -2.07. The van der Waals surface area contributed by atoms with Gasteiger partial charge in [0.1, 0.15) is 10.7 Å². The average molecular weight is 331 g/mol. The summed E-state index contributed by atoms with van der Waals surface area (Å²) in [6, 6.07) is 3.30. The molecule has 96 valence electrons. The van der Waals surface area contributed by atoms with Gasteiger partial charge >= 0.3 is 0 Å². The first-order chi connectivity index (χ1) is 8.40. The molecule has 0 unspecified atom stereocenters. The standard InChI is InChI=1S/C10H11BrN4O2S/c1-6-10(7(2)14-13-6)18(16,17)15-9-5-8(11)3-4-12-9/h3-5H,1-2H3,(H,12,15)(H,13,14). The zero-order valence-corrected chi connectivity index (χ0v) is 12.1. The summed E-state index contributed by atoms with van der Waals surface area (Å²) in [5.74, 6) is 0.254. The van der Waals surface area contributed by atoms with Crippen molar-refractivity contribution in [1.82, 2.24) is 15.2 Å². The second kappa shape index (κ2) is 4.69. The number of rotatable bonds is 3. The van der Waals surface area contributed by atoms with E-state index in [9.17, 15) is 8.42 Å². The normalized spacial score (nSPS) is 11.5. The van der Waals surface area contributed by atoms with Gasteiger partial charge in [-0.2, -0.15) is 5.10 Å². The van der Waals surface area contributed by atoms with Crippen molar-refractivity contribution in [3.05, 3.63) is 34.2 Å².